The zero-order valence-electron chi connectivity index (χ0n) is 11.8. The number of rotatable bonds is 4. The van der Waals surface area contributed by atoms with E-state index in [1.807, 2.05) is 0 Å². The lowest BCUT2D eigenvalue weighted by Crippen LogP contribution is -2.40. The van der Waals surface area contributed by atoms with Crippen molar-refractivity contribution in [3.8, 4) is 5.75 Å². The molecular formula is C15H18BrNO4. The van der Waals surface area contributed by atoms with Crippen LogP contribution in [0.25, 0.3) is 0 Å². The van der Waals surface area contributed by atoms with Crippen LogP contribution in [0.5, 0.6) is 5.75 Å². The van der Waals surface area contributed by atoms with Gasteiger partial charge in [-0.15, -0.1) is 0 Å². The Hall–Kier alpha value is -1.56. The lowest BCUT2D eigenvalue weighted by Gasteiger charge is -2.32. The number of carbonyl (C=O) groups excluding carboxylic acids is 1. The van der Waals surface area contributed by atoms with Gasteiger partial charge in [0.05, 0.1) is 11.6 Å². The standard InChI is InChI=1S/C15H18BrNO4/c1-21-13-5-4-11(8-12(13)16)15(20)17-6-2-3-10(9-17)7-14(18)19/h4-5,8,10H,2-3,6-7,9H2,1H3,(H,18,19). The Kier molecular flexibility index (Phi) is 5.22. The van der Waals surface area contributed by atoms with Crippen molar-refractivity contribution >= 4 is 27.8 Å². The first-order chi connectivity index (χ1) is 10.0. The molecule has 0 saturated carbocycles. The first kappa shape index (κ1) is 15.8. The molecule has 1 N–H and O–H groups in total. The van der Waals surface area contributed by atoms with Gasteiger partial charge in [0, 0.05) is 25.1 Å². The molecule has 1 aliphatic rings. The molecule has 1 aromatic rings. The van der Waals surface area contributed by atoms with E-state index in [9.17, 15) is 9.59 Å². The molecule has 1 saturated heterocycles. The van der Waals surface area contributed by atoms with Crippen LogP contribution in [0.4, 0.5) is 0 Å². The number of ether oxygens (including phenoxy) is 1. The number of aliphatic carboxylic acids is 1. The molecule has 1 fully saturated rings. The van der Waals surface area contributed by atoms with Gasteiger partial charge in [0.2, 0.25) is 0 Å². The van der Waals surface area contributed by atoms with Crippen LogP contribution in [-0.2, 0) is 4.79 Å². The predicted molar refractivity (Wildman–Crippen MR) is 81.6 cm³/mol. The van der Waals surface area contributed by atoms with Gasteiger partial charge in [-0.05, 0) is 52.9 Å². The average Bonchev–Trinajstić information content (AvgIpc) is 2.46. The van der Waals surface area contributed by atoms with Gasteiger partial charge >= 0.3 is 5.97 Å². The summed E-state index contributed by atoms with van der Waals surface area (Å²) < 4.78 is 5.88. The summed E-state index contributed by atoms with van der Waals surface area (Å²) in [4.78, 5) is 25.0. The third-order valence-corrected chi connectivity index (χ3v) is 4.29. The van der Waals surface area contributed by atoms with Crippen LogP contribution in [0.2, 0.25) is 0 Å². The molecule has 0 aliphatic carbocycles. The summed E-state index contributed by atoms with van der Waals surface area (Å²) in [6.07, 6.45) is 1.83. The molecule has 1 heterocycles. The molecule has 2 rings (SSSR count). The van der Waals surface area contributed by atoms with Crippen LogP contribution < -0.4 is 4.74 Å². The van der Waals surface area contributed by atoms with E-state index in [2.05, 4.69) is 15.9 Å². The first-order valence-corrected chi connectivity index (χ1v) is 7.65. The van der Waals surface area contributed by atoms with Gasteiger partial charge in [-0.25, -0.2) is 0 Å². The molecule has 1 aliphatic heterocycles. The Morgan fingerprint density at radius 3 is 2.86 bits per heavy atom. The molecule has 0 aromatic heterocycles. The number of nitrogens with zero attached hydrogens (tertiary/aromatic N) is 1. The van der Waals surface area contributed by atoms with E-state index in [1.54, 1.807) is 30.2 Å². The number of benzene rings is 1. The summed E-state index contributed by atoms with van der Waals surface area (Å²) in [6.45, 7) is 1.19. The minimum absolute atomic E-state index is 0.0434. The number of likely N-dealkylation sites (tertiary alicyclic amines) is 1. The second kappa shape index (κ2) is 6.93. The number of hydrogen-bond donors (Lipinski definition) is 1. The smallest absolute Gasteiger partial charge is 0.303 e. The van der Waals surface area contributed by atoms with Crippen LogP contribution in [-0.4, -0.2) is 42.1 Å². The van der Waals surface area contributed by atoms with Crippen molar-refractivity contribution in [1.29, 1.82) is 0 Å². The Morgan fingerprint density at radius 2 is 2.24 bits per heavy atom. The van der Waals surface area contributed by atoms with E-state index in [-0.39, 0.29) is 18.2 Å². The minimum atomic E-state index is -0.804. The van der Waals surface area contributed by atoms with Crippen LogP contribution in [0.1, 0.15) is 29.6 Å². The fourth-order valence-corrected chi connectivity index (χ4v) is 3.19. The second-order valence-corrected chi connectivity index (χ2v) is 6.06. The number of carboxylic acid groups (broad SMARTS) is 1. The van der Waals surface area contributed by atoms with Crippen LogP contribution in [0, 0.1) is 5.92 Å². The fourth-order valence-electron chi connectivity index (χ4n) is 2.65. The molecule has 1 atom stereocenters. The summed E-state index contributed by atoms with van der Waals surface area (Å²) in [5.41, 5.74) is 0.582. The number of amides is 1. The van der Waals surface area contributed by atoms with E-state index in [0.29, 0.717) is 24.4 Å². The maximum atomic E-state index is 12.5. The van der Waals surface area contributed by atoms with Crippen molar-refractivity contribution in [1.82, 2.24) is 4.90 Å². The van der Waals surface area contributed by atoms with Crippen molar-refractivity contribution in [2.24, 2.45) is 5.92 Å². The molecule has 1 aromatic carbocycles. The van der Waals surface area contributed by atoms with E-state index >= 15 is 0 Å². The second-order valence-electron chi connectivity index (χ2n) is 5.21. The quantitative estimate of drug-likeness (QED) is 0.901. The zero-order valence-corrected chi connectivity index (χ0v) is 13.4. The first-order valence-electron chi connectivity index (χ1n) is 6.86. The monoisotopic (exact) mass is 355 g/mol. The highest BCUT2D eigenvalue weighted by atomic mass is 79.9. The normalized spacial score (nSPS) is 18.4. The maximum absolute atomic E-state index is 12.5. The Balaban J connectivity index is 2.08. The molecule has 5 nitrogen and oxygen atoms in total. The predicted octanol–water partition coefficient (Wildman–Crippen LogP) is 2.78. The maximum Gasteiger partial charge on any atom is 0.303 e. The molecular weight excluding hydrogens is 338 g/mol. The lowest BCUT2D eigenvalue weighted by atomic mass is 9.94. The number of halogens is 1. The molecule has 6 heteroatoms. The highest BCUT2D eigenvalue weighted by Crippen LogP contribution is 2.27. The Morgan fingerprint density at radius 1 is 1.48 bits per heavy atom. The van der Waals surface area contributed by atoms with Gasteiger partial charge in [0.25, 0.3) is 5.91 Å². The van der Waals surface area contributed by atoms with E-state index in [4.69, 9.17) is 9.84 Å². The molecule has 1 unspecified atom stereocenters. The van der Waals surface area contributed by atoms with Crippen molar-refractivity contribution in [2.45, 2.75) is 19.3 Å². The minimum Gasteiger partial charge on any atom is -0.496 e. The molecule has 0 radical (unpaired) electrons. The van der Waals surface area contributed by atoms with E-state index in [0.717, 1.165) is 17.3 Å². The Bertz CT molecular complexity index is 546. The molecule has 21 heavy (non-hydrogen) atoms. The van der Waals surface area contributed by atoms with E-state index in [1.165, 1.54) is 0 Å². The van der Waals surface area contributed by atoms with Gasteiger partial charge in [0.15, 0.2) is 0 Å². The molecule has 0 spiro atoms. The van der Waals surface area contributed by atoms with Crippen LogP contribution in [0.15, 0.2) is 22.7 Å². The van der Waals surface area contributed by atoms with Gasteiger partial charge < -0.3 is 14.7 Å². The SMILES string of the molecule is COc1ccc(C(=O)N2CCCC(CC(=O)O)C2)cc1Br. The largest absolute Gasteiger partial charge is 0.496 e. The summed E-state index contributed by atoms with van der Waals surface area (Å²) in [5.74, 6) is -0.147. The molecule has 0 bridgehead atoms. The average molecular weight is 356 g/mol. The van der Waals surface area contributed by atoms with Gasteiger partial charge in [0.1, 0.15) is 5.75 Å². The summed E-state index contributed by atoms with van der Waals surface area (Å²) in [5, 5.41) is 8.88. The lowest BCUT2D eigenvalue weighted by molar-refractivity contribution is -0.138. The summed E-state index contributed by atoms with van der Waals surface area (Å²) in [6, 6.07) is 5.21. The highest BCUT2D eigenvalue weighted by molar-refractivity contribution is 9.10. The summed E-state index contributed by atoms with van der Waals surface area (Å²) in [7, 11) is 1.57. The van der Waals surface area contributed by atoms with Crippen LogP contribution >= 0.6 is 15.9 Å². The number of methoxy groups -OCH3 is 1. The third-order valence-electron chi connectivity index (χ3n) is 3.67. The topological polar surface area (TPSA) is 66.8 Å². The fraction of sp³-hybridized carbons (Fsp3) is 0.467. The summed E-state index contributed by atoms with van der Waals surface area (Å²) >= 11 is 3.37. The number of hydrogen-bond acceptors (Lipinski definition) is 3. The highest BCUT2D eigenvalue weighted by Gasteiger charge is 2.26. The van der Waals surface area contributed by atoms with Crippen molar-refractivity contribution in [3.63, 3.8) is 0 Å². The van der Waals surface area contributed by atoms with Crippen molar-refractivity contribution < 1.29 is 19.4 Å². The number of carbonyl (C=O) groups is 2. The number of carboxylic acids is 1. The molecule has 114 valence electrons. The van der Waals surface area contributed by atoms with Crippen molar-refractivity contribution in [3.05, 3.63) is 28.2 Å². The van der Waals surface area contributed by atoms with Gasteiger partial charge in [-0.1, -0.05) is 0 Å². The Labute approximate surface area is 132 Å². The third kappa shape index (κ3) is 3.97. The molecule has 1 amide bonds. The van der Waals surface area contributed by atoms with Gasteiger partial charge in [-0.3, -0.25) is 9.59 Å². The zero-order chi connectivity index (χ0) is 15.4. The van der Waals surface area contributed by atoms with E-state index < -0.39 is 5.97 Å². The number of piperidine rings is 1. The van der Waals surface area contributed by atoms with Crippen LogP contribution in [0.3, 0.4) is 0 Å². The van der Waals surface area contributed by atoms with Crippen molar-refractivity contribution in [2.75, 3.05) is 20.2 Å². The van der Waals surface area contributed by atoms with Gasteiger partial charge in [-0.2, -0.15) is 0 Å².